The van der Waals surface area contributed by atoms with Gasteiger partial charge in [-0.25, -0.2) is 9.97 Å². The van der Waals surface area contributed by atoms with E-state index in [1.54, 1.807) is 30.3 Å². The van der Waals surface area contributed by atoms with Crippen LogP contribution in [0.5, 0.6) is 0 Å². The molecule has 1 saturated carbocycles. The molecule has 8 nitrogen and oxygen atoms in total. The fourth-order valence-electron chi connectivity index (χ4n) is 4.86. The Balaban J connectivity index is 1.59. The van der Waals surface area contributed by atoms with Gasteiger partial charge in [-0.2, -0.15) is 21.6 Å². The zero-order valence-electron chi connectivity index (χ0n) is 20.9. The number of carbonyl (C=O) groups is 1. The Labute approximate surface area is 224 Å². The maximum Gasteiger partial charge on any atom is 0.418 e. The number of aryl methyl sites for hydroxylation is 1. The summed E-state index contributed by atoms with van der Waals surface area (Å²) >= 11 is 0. The lowest BCUT2D eigenvalue weighted by Gasteiger charge is -2.27. The van der Waals surface area contributed by atoms with Crippen LogP contribution in [0.2, 0.25) is 0 Å². The van der Waals surface area contributed by atoms with E-state index in [9.17, 15) is 31.5 Å². The number of carboxylic acids is 1. The highest BCUT2D eigenvalue weighted by Gasteiger charge is 2.51. The van der Waals surface area contributed by atoms with Crippen molar-refractivity contribution in [2.75, 3.05) is 22.7 Å². The summed E-state index contributed by atoms with van der Waals surface area (Å²) in [6.45, 7) is 0.665. The maximum atomic E-state index is 13.9. The first-order valence-electron chi connectivity index (χ1n) is 12.6. The van der Waals surface area contributed by atoms with E-state index in [4.69, 9.17) is 0 Å². The van der Waals surface area contributed by atoms with E-state index in [2.05, 4.69) is 14.7 Å². The Morgan fingerprint density at radius 2 is 1.77 bits per heavy atom. The second-order valence-electron chi connectivity index (χ2n) is 10.0. The van der Waals surface area contributed by atoms with Gasteiger partial charge < -0.3 is 10.0 Å². The van der Waals surface area contributed by atoms with Crippen LogP contribution in [0.15, 0.2) is 59.6 Å². The van der Waals surface area contributed by atoms with Crippen LogP contribution in [0.25, 0.3) is 11.3 Å². The van der Waals surface area contributed by atoms with Gasteiger partial charge in [-0.3, -0.25) is 9.52 Å². The van der Waals surface area contributed by atoms with E-state index < -0.39 is 33.1 Å². The van der Waals surface area contributed by atoms with Crippen LogP contribution in [0, 0.1) is 5.41 Å². The predicted molar refractivity (Wildman–Crippen MR) is 139 cm³/mol. The van der Waals surface area contributed by atoms with Gasteiger partial charge in [-0.1, -0.05) is 36.8 Å². The number of benzene rings is 1. The highest BCUT2D eigenvalue weighted by atomic mass is 32.2. The molecule has 1 aliphatic heterocycles. The number of hydrogen-bond acceptors (Lipinski definition) is 6. The van der Waals surface area contributed by atoms with Gasteiger partial charge in [0, 0.05) is 18.7 Å². The minimum atomic E-state index is -4.69. The zero-order chi connectivity index (χ0) is 27.8. The number of alkyl halides is 3. The molecule has 0 amide bonds. The highest BCUT2D eigenvalue weighted by Crippen LogP contribution is 2.47. The van der Waals surface area contributed by atoms with Crippen LogP contribution in [0.1, 0.15) is 43.2 Å². The number of anilines is 2. The molecule has 39 heavy (non-hydrogen) atoms. The topological polar surface area (TPSA) is 112 Å². The fourth-order valence-corrected chi connectivity index (χ4v) is 5.83. The quantitative estimate of drug-likeness (QED) is 0.444. The molecule has 1 aromatic carbocycles. The number of carboxylic acid groups (broad SMARTS) is 1. The summed E-state index contributed by atoms with van der Waals surface area (Å²) in [7, 11) is -4.33. The lowest BCUT2D eigenvalue weighted by atomic mass is 9.96. The van der Waals surface area contributed by atoms with Crippen molar-refractivity contribution in [1.29, 1.82) is 0 Å². The second-order valence-corrected chi connectivity index (χ2v) is 11.6. The van der Waals surface area contributed by atoms with Crippen molar-refractivity contribution in [1.82, 2.24) is 9.97 Å². The number of sulfonamides is 1. The van der Waals surface area contributed by atoms with Crippen LogP contribution < -0.4 is 9.62 Å². The first kappa shape index (κ1) is 26.9. The molecule has 4 bridgehead atoms. The van der Waals surface area contributed by atoms with Gasteiger partial charge in [0.25, 0.3) is 10.0 Å². The summed E-state index contributed by atoms with van der Waals surface area (Å²) in [5, 5.41) is 9.38. The molecule has 2 aliphatic rings. The lowest BCUT2D eigenvalue weighted by molar-refractivity contribution is -0.143. The first-order valence-corrected chi connectivity index (χ1v) is 14.1. The molecular formula is C27H27F3N4O4S. The Morgan fingerprint density at radius 3 is 2.49 bits per heavy atom. The SMILES string of the molecule is O=C(O)C1(CN2CCCCCc3ccccc3-c3nc(ccc3C(F)(F)F)NS(=O)(=O)c3cccc2n3)CC1. The third kappa shape index (κ3) is 5.70. The van der Waals surface area contributed by atoms with Gasteiger partial charge in [0.1, 0.15) is 11.6 Å². The third-order valence-corrected chi connectivity index (χ3v) is 8.45. The molecule has 0 saturated heterocycles. The van der Waals surface area contributed by atoms with E-state index in [0.717, 1.165) is 18.6 Å². The van der Waals surface area contributed by atoms with E-state index in [1.807, 2.05) is 4.90 Å². The summed E-state index contributed by atoms with van der Waals surface area (Å²) in [5.41, 5.74) is -1.22. The molecule has 1 aliphatic carbocycles. The average molecular weight is 561 g/mol. The van der Waals surface area contributed by atoms with Crippen molar-refractivity contribution < 1.29 is 31.5 Å². The Hall–Kier alpha value is -3.67. The molecule has 3 heterocycles. The van der Waals surface area contributed by atoms with Gasteiger partial charge >= 0.3 is 12.1 Å². The number of hydrogen-bond donors (Lipinski definition) is 2. The summed E-state index contributed by atoms with van der Waals surface area (Å²) in [4.78, 5) is 22.1. The van der Waals surface area contributed by atoms with E-state index in [1.165, 1.54) is 12.1 Å². The van der Waals surface area contributed by atoms with Gasteiger partial charge in [-0.05, 0) is 61.9 Å². The van der Waals surface area contributed by atoms with Crippen LogP contribution in [-0.2, 0) is 27.4 Å². The van der Waals surface area contributed by atoms with Crippen molar-refractivity contribution in [3.63, 3.8) is 0 Å². The van der Waals surface area contributed by atoms with Crippen LogP contribution >= 0.6 is 0 Å². The second kappa shape index (κ2) is 10.1. The van der Waals surface area contributed by atoms with Crippen molar-refractivity contribution in [2.24, 2.45) is 5.41 Å². The van der Waals surface area contributed by atoms with Crippen molar-refractivity contribution in [3.8, 4) is 11.3 Å². The van der Waals surface area contributed by atoms with Gasteiger partial charge in [0.15, 0.2) is 5.03 Å². The van der Waals surface area contributed by atoms with E-state index in [0.29, 0.717) is 50.0 Å². The number of pyridine rings is 2. The minimum Gasteiger partial charge on any atom is -0.481 e. The van der Waals surface area contributed by atoms with Crippen LogP contribution in [-0.4, -0.2) is 42.6 Å². The third-order valence-electron chi connectivity index (χ3n) is 7.20. The molecule has 1 fully saturated rings. The molecule has 206 valence electrons. The fraction of sp³-hybridized carbons (Fsp3) is 0.370. The van der Waals surface area contributed by atoms with Crippen molar-refractivity contribution in [2.45, 2.75) is 49.7 Å². The van der Waals surface area contributed by atoms with Crippen molar-refractivity contribution >= 4 is 27.6 Å². The number of fused-ring (bicyclic) bond motifs is 6. The molecule has 5 rings (SSSR count). The lowest BCUT2D eigenvalue weighted by Crippen LogP contribution is -2.36. The molecule has 0 atom stereocenters. The van der Waals surface area contributed by atoms with Crippen molar-refractivity contribution in [3.05, 3.63) is 65.7 Å². The maximum absolute atomic E-state index is 13.9. The molecule has 0 unspecified atom stereocenters. The summed E-state index contributed by atoms with van der Waals surface area (Å²) < 4.78 is 70.6. The molecular weight excluding hydrogens is 533 g/mol. The number of aromatic nitrogens is 2. The summed E-state index contributed by atoms with van der Waals surface area (Å²) in [6.07, 6.45) is -1.04. The minimum absolute atomic E-state index is 0.207. The Kier molecular flexibility index (Phi) is 7.00. The molecule has 2 N–H and O–H groups in total. The van der Waals surface area contributed by atoms with Gasteiger partial charge in [-0.15, -0.1) is 0 Å². The predicted octanol–water partition coefficient (Wildman–Crippen LogP) is 5.36. The van der Waals surface area contributed by atoms with Crippen LogP contribution in [0.4, 0.5) is 24.8 Å². The number of nitrogens with zero attached hydrogens (tertiary/aromatic N) is 3. The summed E-state index contributed by atoms with van der Waals surface area (Å²) in [6, 6.07) is 12.9. The molecule has 0 radical (unpaired) electrons. The highest BCUT2D eigenvalue weighted by molar-refractivity contribution is 7.92. The Morgan fingerprint density at radius 1 is 1.00 bits per heavy atom. The average Bonchev–Trinajstić information content (AvgIpc) is 3.68. The smallest absolute Gasteiger partial charge is 0.418 e. The Bertz CT molecular complexity index is 1510. The van der Waals surface area contributed by atoms with E-state index >= 15 is 0 Å². The van der Waals surface area contributed by atoms with Crippen LogP contribution in [0.3, 0.4) is 0 Å². The van der Waals surface area contributed by atoms with Gasteiger partial charge in [0.05, 0.1) is 16.7 Å². The van der Waals surface area contributed by atoms with Gasteiger partial charge in [0.2, 0.25) is 0 Å². The number of halogens is 3. The zero-order valence-corrected chi connectivity index (χ0v) is 21.7. The normalized spacial score (nSPS) is 18.5. The largest absolute Gasteiger partial charge is 0.481 e. The molecule has 3 aromatic rings. The number of rotatable bonds is 3. The molecule has 0 spiro atoms. The number of aliphatic carboxylic acids is 1. The standard InChI is InChI=1S/C27H27F3N4O4S/c28-27(29,30)20-12-13-21-31-24(20)19-9-4-3-8-18(19)7-2-1-5-16-34(17-26(14-15-26)25(35)36)22-10-6-11-23(32-22)39(37,38)33-21/h3-4,6,8-13H,1-2,5,7,14-17H2,(H,31,33)(H,35,36). The monoisotopic (exact) mass is 560 g/mol. The first-order chi connectivity index (χ1) is 18.5. The van der Waals surface area contributed by atoms with E-state index in [-0.39, 0.29) is 28.6 Å². The molecule has 12 heteroatoms. The molecule has 2 aromatic heterocycles. The number of nitrogens with one attached hydrogen (secondary N) is 1. The summed E-state index contributed by atoms with van der Waals surface area (Å²) in [5.74, 6) is -0.837.